The van der Waals surface area contributed by atoms with E-state index in [1.807, 2.05) is 0 Å². The van der Waals surface area contributed by atoms with Gasteiger partial charge in [-0.2, -0.15) is 0 Å². The van der Waals surface area contributed by atoms with Gasteiger partial charge >= 0.3 is 11.9 Å². The number of carboxylic acids is 2. The summed E-state index contributed by atoms with van der Waals surface area (Å²) in [6.07, 6.45) is 0. The summed E-state index contributed by atoms with van der Waals surface area (Å²) in [5.41, 5.74) is 4.84. The number of aliphatic carboxylic acids is 2. The van der Waals surface area contributed by atoms with Crippen molar-refractivity contribution in [3.63, 3.8) is 0 Å². The van der Waals surface area contributed by atoms with Crippen LogP contribution >= 0.6 is 0 Å². The number of carboxylic acid groups (broad SMARTS) is 2. The minimum absolute atomic E-state index is 0.380. The van der Waals surface area contributed by atoms with Gasteiger partial charge in [-0.15, -0.1) is 0 Å². The third-order valence-electron chi connectivity index (χ3n) is 1.52. The lowest BCUT2D eigenvalue weighted by Gasteiger charge is -2.13. The molecular formula is C8H18N2O4. The van der Waals surface area contributed by atoms with Crippen LogP contribution in [-0.4, -0.2) is 53.2 Å². The molecule has 0 aromatic carbocycles. The molecule has 0 aliphatic rings. The highest BCUT2D eigenvalue weighted by molar-refractivity contribution is 5.72. The van der Waals surface area contributed by atoms with Crippen LogP contribution in [0.1, 0.15) is 13.8 Å². The second kappa shape index (κ2) is 7.28. The number of hydrogen-bond donors (Lipinski definition) is 3. The normalized spacial score (nSPS) is 13.9. The van der Waals surface area contributed by atoms with Gasteiger partial charge in [0.15, 0.2) is 0 Å². The van der Waals surface area contributed by atoms with Gasteiger partial charge in [-0.25, -0.2) is 0 Å². The second-order valence-corrected chi connectivity index (χ2v) is 3.10. The standard InChI is InChI=1S/C5H11NO2.C3H7NO2/c1-4(5(7)8)6(2)3;1-2(4)3(5)6/h4H,1-3H3,(H,7,8);2H,4H2,1H3,(H,5,6)/t4-;2-/m00/s1. The van der Waals surface area contributed by atoms with E-state index in [4.69, 9.17) is 15.9 Å². The number of carbonyl (C=O) groups is 2. The van der Waals surface area contributed by atoms with Crippen molar-refractivity contribution in [1.29, 1.82) is 0 Å². The van der Waals surface area contributed by atoms with Crippen LogP contribution in [0.4, 0.5) is 0 Å². The smallest absolute Gasteiger partial charge is 0.320 e. The summed E-state index contributed by atoms with van der Waals surface area (Å²) >= 11 is 0. The van der Waals surface area contributed by atoms with E-state index in [0.29, 0.717) is 0 Å². The van der Waals surface area contributed by atoms with Gasteiger partial charge in [0.2, 0.25) is 0 Å². The summed E-state index contributed by atoms with van der Waals surface area (Å²) in [6.45, 7) is 3.06. The number of nitrogens with two attached hydrogens (primary N) is 1. The highest BCUT2D eigenvalue weighted by Crippen LogP contribution is 1.88. The van der Waals surface area contributed by atoms with Crippen LogP contribution in [0.3, 0.4) is 0 Å². The first-order valence-electron chi connectivity index (χ1n) is 4.07. The summed E-state index contributed by atoms with van der Waals surface area (Å²) in [5.74, 6) is -1.75. The van der Waals surface area contributed by atoms with E-state index in [2.05, 4.69) is 0 Å². The van der Waals surface area contributed by atoms with E-state index < -0.39 is 18.0 Å². The highest BCUT2D eigenvalue weighted by Gasteiger charge is 2.11. The Labute approximate surface area is 83.3 Å². The van der Waals surface area contributed by atoms with Crippen molar-refractivity contribution < 1.29 is 19.8 Å². The largest absolute Gasteiger partial charge is 0.480 e. The van der Waals surface area contributed by atoms with Gasteiger partial charge in [-0.1, -0.05) is 0 Å². The van der Waals surface area contributed by atoms with E-state index in [9.17, 15) is 9.59 Å². The maximum absolute atomic E-state index is 10.1. The third kappa shape index (κ3) is 8.95. The molecule has 2 atom stereocenters. The summed E-state index contributed by atoms with van der Waals surface area (Å²) in [5, 5.41) is 16.2. The summed E-state index contributed by atoms with van der Waals surface area (Å²) in [7, 11) is 3.47. The molecule has 84 valence electrons. The minimum Gasteiger partial charge on any atom is -0.480 e. The molecule has 0 aromatic heterocycles. The Morgan fingerprint density at radius 3 is 1.43 bits per heavy atom. The van der Waals surface area contributed by atoms with Gasteiger partial charge in [-0.3, -0.25) is 14.5 Å². The summed E-state index contributed by atoms with van der Waals surface area (Å²) in [4.78, 5) is 21.3. The maximum Gasteiger partial charge on any atom is 0.320 e. The fraction of sp³-hybridized carbons (Fsp3) is 0.750. The van der Waals surface area contributed by atoms with Crippen LogP contribution in [0.2, 0.25) is 0 Å². The van der Waals surface area contributed by atoms with Crippen LogP contribution in [0.5, 0.6) is 0 Å². The molecule has 0 amide bonds. The molecule has 6 nitrogen and oxygen atoms in total. The van der Waals surface area contributed by atoms with E-state index in [0.717, 1.165) is 0 Å². The van der Waals surface area contributed by atoms with Gasteiger partial charge in [-0.05, 0) is 27.9 Å². The molecule has 0 aliphatic carbocycles. The zero-order chi connectivity index (χ0) is 11.9. The molecule has 0 saturated carbocycles. The quantitative estimate of drug-likeness (QED) is 0.571. The lowest BCUT2D eigenvalue weighted by atomic mass is 10.3. The Kier molecular flexibility index (Phi) is 7.98. The molecule has 0 heterocycles. The average Bonchev–Trinajstić information content (AvgIpc) is 2.03. The summed E-state index contributed by atoms with van der Waals surface area (Å²) < 4.78 is 0. The van der Waals surface area contributed by atoms with Crippen molar-refractivity contribution in [3.05, 3.63) is 0 Å². The molecule has 0 aliphatic heterocycles. The fourth-order valence-electron chi connectivity index (χ4n) is 0.221. The zero-order valence-corrected chi connectivity index (χ0v) is 8.89. The van der Waals surface area contributed by atoms with Crippen LogP contribution in [0.25, 0.3) is 0 Å². The first kappa shape index (κ1) is 15.3. The van der Waals surface area contributed by atoms with Gasteiger partial charge in [0.1, 0.15) is 12.1 Å². The topological polar surface area (TPSA) is 104 Å². The van der Waals surface area contributed by atoms with Gasteiger partial charge in [0, 0.05) is 0 Å². The first-order chi connectivity index (χ1) is 6.20. The molecule has 0 rings (SSSR count). The van der Waals surface area contributed by atoms with E-state index in [1.165, 1.54) is 6.92 Å². The van der Waals surface area contributed by atoms with Crippen molar-refractivity contribution in [2.45, 2.75) is 25.9 Å². The summed E-state index contributed by atoms with van der Waals surface area (Å²) in [6, 6.07) is -1.11. The molecule has 0 unspecified atom stereocenters. The molecular weight excluding hydrogens is 188 g/mol. The fourth-order valence-corrected chi connectivity index (χ4v) is 0.221. The lowest BCUT2D eigenvalue weighted by molar-refractivity contribution is -0.141. The number of likely N-dealkylation sites (N-methyl/N-ethyl adjacent to an activating group) is 1. The number of hydrogen-bond acceptors (Lipinski definition) is 4. The SMILES string of the molecule is C[C@@H](C(=O)O)N(C)C.C[C@H](N)C(=O)O. The number of rotatable bonds is 3. The molecule has 14 heavy (non-hydrogen) atoms. The Hall–Kier alpha value is -1.14. The zero-order valence-electron chi connectivity index (χ0n) is 8.89. The molecule has 4 N–H and O–H groups in total. The molecule has 6 heteroatoms. The Balaban J connectivity index is 0. The average molecular weight is 206 g/mol. The third-order valence-corrected chi connectivity index (χ3v) is 1.52. The van der Waals surface area contributed by atoms with Crippen molar-refractivity contribution in [2.24, 2.45) is 5.73 Å². The second-order valence-electron chi connectivity index (χ2n) is 3.10. The molecule has 0 saturated heterocycles. The van der Waals surface area contributed by atoms with Crippen LogP contribution in [-0.2, 0) is 9.59 Å². The predicted octanol–water partition coefficient (Wildman–Crippen LogP) is -0.561. The first-order valence-corrected chi connectivity index (χ1v) is 4.07. The predicted molar refractivity (Wildman–Crippen MR) is 52.1 cm³/mol. The van der Waals surface area contributed by atoms with Gasteiger partial charge in [0.05, 0.1) is 0 Å². The Morgan fingerprint density at radius 2 is 1.43 bits per heavy atom. The molecule has 0 radical (unpaired) electrons. The molecule has 0 spiro atoms. The van der Waals surface area contributed by atoms with Gasteiger partial charge < -0.3 is 15.9 Å². The van der Waals surface area contributed by atoms with Crippen LogP contribution in [0.15, 0.2) is 0 Å². The van der Waals surface area contributed by atoms with Gasteiger partial charge in [0.25, 0.3) is 0 Å². The van der Waals surface area contributed by atoms with Crippen molar-refractivity contribution in [3.8, 4) is 0 Å². The van der Waals surface area contributed by atoms with E-state index in [-0.39, 0.29) is 6.04 Å². The molecule has 0 aromatic rings. The maximum atomic E-state index is 10.1. The molecule has 0 bridgehead atoms. The monoisotopic (exact) mass is 206 g/mol. The van der Waals surface area contributed by atoms with Crippen LogP contribution < -0.4 is 5.73 Å². The Bertz CT molecular complexity index is 192. The van der Waals surface area contributed by atoms with Crippen LogP contribution in [0, 0.1) is 0 Å². The van der Waals surface area contributed by atoms with E-state index >= 15 is 0 Å². The Morgan fingerprint density at radius 1 is 1.14 bits per heavy atom. The van der Waals surface area contributed by atoms with Crippen molar-refractivity contribution in [1.82, 2.24) is 4.90 Å². The van der Waals surface area contributed by atoms with E-state index in [1.54, 1.807) is 25.9 Å². The minimum atomic E-state index is -0.963. The lowest BCUT2D eigenvalue weighted by Crippen LogP contribution is -2.32. The van der Waals surface area contributed by atoms with Crippen molar-refractivity contribution >= 4 is 11.9 Å². The molecule has 0 fully saturated rings. The number of nitrogens with zero attached hydrogens (tertiary/aromatic N) is 1. The highest BCUT2D eigenvalue weighted by atomic mass is 16.4. The van der Waals surface area contributed by atoms with Crippen molar-refractivity contribution in [2.75, 3.05) is 14.1 Å².